The van der Waals surface area contributed by atoms with Gasteiger partial charge in [0.25, 0.3) is 5.91 Å². The fourth-order valence-electron chi connectivity index (χ4n) is 2.22. The molecule has 0 saturated heterocycles. The van der Waals surface area contributed by atoms with Crippen molar-refractivity contribution in [1.29, 1.82) is 0 Å². The number of nitrogens with one attached hydrogen (secondary N) is 1. The number of amides is 1. The molecule has 1 N–H and O–H groups in total. The molecule has 0 heterocycles. The zero-order valence-electron chi connectivity index (χ0n) is 14.7. The van der Waals surface area contributed by atoms with Gasteiger partial charge in [0.1, 0.15) is 5.75 Å². The first-order valence-electron chi connectivity index (χ1n) is 7.71. The van der Waals surface area contributed by atoms with Crippen LogP contribution in [0.15, 0.2) is 36.4 Å². The van der Waals surface area contributed by atoms with Crippen molar-refractivity contribution in [3.8, 4) is 17.2 Å². The highest BCUT2D eigenvalue weighted by Crippen LogP contribution is 2.33. The summed E-state index contributed by atoms with van der Waals surface area (Å²) in [4.78, 5) is 12.4. The van der Waals surface area contributed by atoms with Gasteiger partial charge in [-0.15, -0.1) is 0 Å². The summed E-state index contributed by atoms with van der Waals surface area (Å²) in [5.41, 5.74) is 2.68. The van der Waals surface area contributed by atoms with Gasteiger partial charge in [-0.25, -0.2) is 0 Å². The highest BCUT2D eigenvalue weighted by Gasteiger charge is 2.17. The molecule has 0 fully saturated rings. The molecule has 0 aliphatic carbocycles. The summed E-state index contributed by atoms with van der Waals surface area (Å²) in [6.45, 7) is 5.61. The summed E-state index contributed by atoms with van der Waals surface area (Å²) in [7, 11) is 3.13. The molecule has 5 heteroatoms. The van der Waals surface area contributed by atoms with E-state index in [1.807, 2.05) is 44.2 Å². The van der Waals surface area contributed by atoms with E-state index in [2.05, 4.69) is 5.32 Å². The molecule has 5 nitrogen and oxygen atoms in total. The average Bonchev–Trinajstić information content (AvgIpc) is 2.58. The maximum absolute atomic E-state index is 12.4. The second kappa shape index (κ2) is 7.73. The largest absolute Gasteiger partial charge is 0.493 e. The van der Waals surface area contributed by atoms with Crippen LogP contribution in [0.1, 0.15) is 18.1 Å². The fourth-order valence-corrected chi connectivity index (χ4v) is 2.22. The topological polar surface area (TPSA) is 56.8 Å². The second-order valence-corrected chi connectivity index (χ2v) is 5.58. The number of rotatable bonds is 6. The zero-order chi connectivity index (χ0) is 17.7. The van der Waals surface area contributed by atoms with Crippen molar-refractivity contribution in [2.75, 3.05) is 19.5 Å². The van der Waals surface area contributed by atoms with E-state index < -0.39 is 6.10 Å². The van der Waals surface area contributed by atoms with Crippen molar-refractivity contribution in [2.24, 2.45) is 0 Å². The van der Waals surface area contributed by atoms with Gasteiger partial charge in [0.05, 0.1) is 14.2 Å². The summed E-state index contributed by atoms with van der Waals surface area (Å²) in [6, 6.07) is 11.1. The number of ether oxygens (including phenoxy) is 3. The maximum atomic E-state index is 12.4. The number of hydrogen-bond donors (Lipinski definition) is 1. The van der Waals surface area contributed by atoms with Crippen molar-refractivity contribution >= 4 is 11.6 Å². The monoisotopic (exact) mass is 329 g/mol. The Bertz CT molecular complexity index is 710. The Kier molecular flexibility index (Phi) is 5.68. The van der Waals surface area contributed by atoms with E-state index in [1.165, 1.54) is 0 Å². The molecule has 24 heavy (non-hydrogen) atoms. The predicted octanol–water partition coefficient (Wildman–Crippen LogP) is 3.73. The van der Waals surface area contributed by atoms with Gasteiger partial charge in [-0.2, -0.15) is 0 Å². The number of carbonyl (C=O) groups is 1. The fraction of sp³-hybridized carbons (Fsp3) is 0.316. The van der Waals surface area contributed by atoms with Gasteiger partial charge in [-0.3, -0.25) is 4.79 Å². The predicted molar refractivity (Wildman–Crippen MR) is 94.2 cm³/mol. The molecule has 0 unspecified atom stereocenters. The van der Waals surface area contributed by atoms with Crippen LogP contribution in [0, 0.1) is 13.8 Å². The van der Waals surface area contributed by atoms with E-state index >= 15 is 0 Å². The molecular formula is C19H23NO4. The molecule has 0 radical (unpaired) electrons. The van der Waals surface area contributed by atoms with Crippen LogP contribution in [-0.4, -0.2) is 26.2 Å². The van der Waals surface area contributed by atoms with Crippen molar-refractivity contribution in [3.63, 3.8) is 0 Å². The van der Waals surface area contributed by atoms with Gasteiger partial charge in [0.2, 0.25) is 0 Å². The van der Waals surface area contributed by atoms with Gasteiger partial charge in [-0.05, 0) is 44.5 Å². The third-order valence-electron chi connectivity index (χ3n) is 3.69. The first-order valence-corrected chi connectivity index (χ1v) is 7.71. The lowest BCUT2D eigenvalue weighted by Gasteiger charge is -2.17. The molecule has 0 saturated carbocycles. The Morgan fingerprint density at radius 2 is 1.58 bits per heavy atom. The van der Waals surface area contributed by atoms with E-state index in [0.717, 1.165) is 11.1 Å². The first-order chi connectivity index (χ1) is 11.4. The van der Waals surface area contributed by atoms with Crippen LogP contribution < -0.4 is 19.5 Å². The molecule has 1 atom stereocenters. The molecule has 2 rings (SSSR count). The van der Waals surface area contributed by atoms with Crippen molar-refractivity contribution in [1.82, 2.24) is 0 Å². The summed E-state index contributed by atoms with van der Waals surface area (Å²) in [6.07, 6.45) is -0.625. The number of carbonyl (C=O) groups excluding carboxylic acids is 1. The number of aryl methyl sites for hydroxylation is 2. The van der Waals surface area contributed by atoms with Crippen molar-refractivity contribution in [2.45, 2.75) is 26.9 Å². The molecule has 0 bridgehead atoms. The molecule has 128 valence electrons. The third-order valence-corrected chi connectivity index (χ3v) is 3.69. The second-order valence-electron chi connectivity index (χ2n) is 5.58. The Morgan fingerprint density at radius 3 is 2.17 bits per heavy atom. The number of hydrogen-bond acceptors (Lipinski definition) is 4. The molecule has 0 aromatic heterocycles. The van der Waals surface area contributed by atoms with Crippen LogP contribution >= 0.6 is 0 Å². The number of anilines is 1. The Labute approximate surface area is 142 Å². The lowest BCUT2D eigenvalue weighted by Crippen LogP contribution is -2.30. The quantitative estimate of drug-likeness (QED) is 0.877. The Balaban J connectivity index is 2.09. The van der Waals surface area contributed by atoms with Crippen LogP contribution in [-0.2, 0) is 4.79 Å². The molecule has 0 spiro atoms. The van der Waals surface area contributed by atoms with Crippen molar-refractivity contribution in [3.05, 3.63) is 47.5 Å². The van der Waals surface area contributed by atoms with Crippen molar-refractivity contribution < 1.29 is 19.0 Å². The third kappa shape index (κ3) is 4.19. The molecule has 1 amide bonds. The first kappa shape index (κ1) is 17.7. The van der Waals surface area contributed by atoms with E-state index in [1.54, 1.807) is 27.2 Å². The maximum Gasteiger partial charge on any atom is 0.265 e. The number of methoxy groups -OCH3 is 2. The van der Waals surface area contributed by atoms with Gasteiger partial charge in [0.15, 0.2) is 17.6 Å². The lowest BCUT2D eigenvalue weighted by atomic mass is 10.1. The van der Waals surface area contributed by atoms with Gasteiger partial charge in [-0.1, -0.05) is 17.7 Å². The Morgan fingerprint density at radius 1 is 1.00 bits per heavy atom. The minimum Gasteiger partial charge on any atom is -0.493 e. The lowest BCUT2D eigenvalue weighted by molar-refractivity contribution is -0.122. The van der Waals surface area contributed by atoms with Gasteiger partial charge < -0.3 is 19.5 Å². The van der Waals surface area contributed by atoms with Gasteiger partial charge in [0, 0.05) is 11.8 Å². The molecule has 0 aliphatic heterocycles. The summed E-state index contributed by atoms with van der Waals surface area (Å²) < 4.78 is 16.2. The Hall–Kier alpha value is -2.69. The van der Waals surface area contributed by atoms with Crippen LogP contribution in [0.2, 0.25) is 0 Å². The van der Waals surface area contributed by atoms with Crippen LogP contribution in [0.5, 0.6) is 17.2 Å². The number of benzene rings is 2. The summed E-state index contributed by atoms with van der Waals surface area (Å²) in [5, 5.41) is 2.87. The van der Waals surface area contributed by atoms with Crippen LogP contribution in [0.25, 0.3) is 0 Å². The normalized spacial score (nSPS) is 11.5. The standard InChI is InChI=1S/C19H23NO4/c1-12-6-8-15(9-7-12)24-14(3)19(21)20-16-11-18(23-5)17(22-4)10-13(16)2/h6-11,14H,1-5H3,(H,20,21)/t14-/m0/s1. The molecule has 2 aromatic carbocycles. The van der Waals surface area contributed by atoms with Crippen LogP contribution in [0.4, 0.5) is 5.69 Å². The van der Waals surface area contributed by atoms with Gasteiger partial charge >= 0.3 is 0 Å². The summed E-state index contributed by atoms with van der Waals surface area (Å²) >= 11 is 0. The molecule has 2 aromatic rings. The minimum atomic E-state index is -0.625. The molecule has 0 aliphatic rings. The van der Waals surface area contributed by atoms with E-state index in [0.29, 0.717) is 22.9 Å². The highest BCUT2D eigenvalue weighted by atomic mass is 16.5. The van der Waals surface area contributed by atoms with Crippen LogP contribution in [0.3, 0.4) is 0 Å². The highest BCUT2D eigenvalue weighted by molar-refractivity contribution is 5.95. The van der Waals surface area contributed by atoms with E-state index in [-0.39, 0.29) is 5.91 Å². The molecular weight excluding hydrogens is 306 g/mol. The average molecular weight is 329 g/mol. The minimum absolute atomic E-state index is 0.231. The SMILES string of the molecule is COc1cc(C)c(NC(=O)[C@H](C)Oc2ccc(C)cc2)cc1OC. The summed E-state index contributed by atoms with van der Waals surface area (Å²) in [5.74, 6) is 1.61. The van der Waals surface area contributed by atoms with E-state index in [4.69, 9.17) is 14.2 Å². The zero-order valence-corrected chi connectivity index (χ0v) is 14.7. The smallest absolute Gasteiger partial charge is 0.265 e. The van der Waals surface area contributed by atoms with E-state index in [9.17, 15) is 4.79 Å².